The lowest BCUT2D eigenvalue weighted by atomic mass is 9.98. The summed E-state index contributed by atoms with van der Waals surface area (Å²) in [5.74, 6) is 0.295. The normalized spacial score (nSPS) is 11.7. The van der Waals surface area contributed by atoms with Crippen LogP contribution in [0.5, 0.6) is 0 Å². The Labute approximate surface area is 98.6 Å². The van der Waals surface area contributed by atoms with Crippen molar-refractivity contribution in [1.29, 1.82) is 0 Å². The van der Waals surface area contributed by atoms with Gasteiger partial charge in [-0.05, 0) is 6.07 Å². The summed E-state index contributed by atoms with van der Waals surface area (Å²) < 4.78 is 0. The molecule has 0 aromatic carbocycles. The van der Waals surface area contributed by atoms with Crippen LogP contribution in [0.15, 0.2) is 18.5 Å². The molecule has 4 nitrogen and oxygen atoms in total. The van der Waals surface area contributed by atoms with Crippen molar-refractivity contribution < 1.29 is 0 Å². The van der Waals surface area contributed by atoms with E-state index >= 15 is 0 Å². The molecule has 2 aromatic rings. The van der Waals surface area contributed by atoms with E-state index < -0.39 is 0 Å². The molecule has 2 rings (SSSR count). The molecule has 0 amide bonds. The van der Waals surface area contributed by atoms with Crippen LogP contribution in [-0.2, 0) is 5.41 Å². The second kappa shape index (κ2) is 3.83. The summed E-state index contributed by atoms with van der Waals surface area (Å²) in [6.07, 6.45) is 3.50. The Morgan fingerprint density at radius 3 is 2.56 bits per heavy atom. The fourth-order valence-electron chi connectivity index (χ4n) is 1.25. The van der Waals surface area contributed by atoms with Crippen LogP contribution in [0.25, 0.3) is 10.6 Å². The molecule has 0 bridgehead atoms. The first kappa shape index (κ1) is 11.0. The van der Waals surface area contributed by atoms with Gasteiger partial charge in [0.1, 0.15) is 0 Å². The molecule has 0 fully saturated rings. The standard InChI is InChI=1S/C11H14N4S/c1-11(2,3)9-14-6-8(16-9)7-4-5-13-10(12)15-7/h4-6H,1-3H3,(H2,12,13,15). The van der Waals surface area contributed by atoms with Crippen LogP contribution in [0.2, 0.25) is 0 Å². The van der Waals surface area contributed by atoms with Gasteiger partial charge in [-0.2, -0.15) is 0 Å². The van der Waals surface area contributed by atoms with E-state index in [4.69, 9.17) is 5.73 Å². The maximum Gasteiger partial charge on any atom is 0.220 e. The van der Waals surface area contributed by atoms with Gasteiger partial charge in [0.15, 0.2) is 0 Å². The molecule has 16 heavy (non-hydrogen) atoms. The van der Waals surface area contributed by atoms with Crippen LogP contribution < -0.4 is 5.73 Å². The SMILES string of the molecule is CC(C)(C)c1ncc(-c2ccnc(N)n2)s1. The highest BCUT2D eigenvalue weighted by Gasteiger charge is 2.18. The molecule has 0 aliphatic heterocycles. The molecule has 2 N–H and O–H groups in total. The largest absolute Gasteiger partial charge is 0.368 e. The van der Waals surface area contributed by atoms with Gasteiger partial charge >= 0.3 is 0 Å². The summed E-state index contributed by atoms with van der Waals surface area (Å²) in [5.41, 5.74) is 6.46. The summed E-state index contributed by atoms with van der Waals surface area (Å²) in [5, 5.41) is 1.10. The molecular weight excluding hydrogens is 220 g/mol. The number of nitrogens with two attached hydrogens (primary N) is 1. The second-order valence-corrected chi connectivity index (χ2v) is 5.61. The van der Waals surface area contributed by atoms with Gasteiger partial charge in [0, 0.05) is 17.8 Å². The van der Waals surface area contributed by atoms with Gasteiger partial charge in [-0.25, -0.2) is 15.0 Å². The third kappa shape index (κ3) is 2.19. The zero-order valence-corrected chi connectivity index (χ0v) is 10.4. The topological polar surface area (TPSA) is 64.7 Å². The predicted octanol–water partition coefficient (Wildman–Crippen LogP) is 2.48. The maximum absolute atomic E-state index is 5.55. The molecule has 0 unspecified atom stereocenters. The molecule has 0 saturated heterocycles. The molecule has 0 atom stereocenters. The van der Waals surface area contributed by atoms with Gasteiger partial charge in [0.25, 0.3) is 0 Å². The van der Waals surface area contributed by atoms with E-state index in [0.29, 0.717) is 5.95 Å². The molecule has 0 radical (unpaired) electrons. The van der Waals surface area contributed by atoms with E-state index in [-0.39, 0.29) is 5.41 Å². The first-order chi connectivity index (χ1) is 7.47. The van der Waals surface area contributed by atoms with Crippen molar-refractivity contribution in [2.24, 2.45) is 0 Å². The Balaban J connectivity index is 2.39. The van der Waals surface area contributed by atoms with Crippen molar-refractivity contribution in [3.8, 4) is 10.6 Å². The van der Waals surface area contributed by atoms with Gasteiger partial charge in [-0.3, -0.25) is 0 Å². The van der Waals surface area contributed by atoms with Crippen molar-refractivity contribution >= 4 is 17.3 Å². The number of nitrogens with zero attached hydrogens (tertiary/aromatic N) is 3. The summed E-state index contributed by atoms with van der Waals surface area (Å²) in [4.78, 5) is 13.5. The number of rotatable bonds is 1. The highest BCUT2D eigenvalue weighted by atomic mass is 32.1. The lowest BCUT2D eigenvalue weighted by Crippen LogP contribution is -2.09. The highest BCUT2D eigenvalue weighted by Crippen LogP contribution is 2.31. The van der Waals surface area contributed by atoms with Crippen LogP contribution in [0.3, 0.4) is 0 Å². The molecule has 2 heterocycles. The number of hydrogen-bond acceptors (Lipinski definition) is 5. The molecular formula is C11H14N4S. The number of anilines is 1. The minimum atomic E-state index is 0.0709. The van der Waals surface area contributed by atoms with Crippen LogP contribution in [0, 0.1) is 0 Å². The van der Waals surface area contributed by atoms with Gasteiger partial charge in [-0.1, -0.05) is 20.8 Å². The number of aromatic nitrogens is 3. The summed E-state index contributed by atoms with van der Waals surface area (Å²) in [6, 6.07) is 1.84. The number of nitrogen functional groups attached to an aromatic ring is 1. The van der Waals surface area contributed by atoms with Crippen molar-refractivity contribution in [2.75, 3.05) is 5.73 Å². The van der Waals surface area contributed by atoms with Crippen molar-refractivity contribution in [2.45, 2.75) is 26.2 Å². The Morgan fingerprint density at radius 2 is 2.00 bits per heavy atom. The van der Waals surface area contributed by atoms with Gasteiger partial charge < -0.3 is 5.73 Å². The first-order valence-electron chi connectivity index (χ1n) is 5.02. The van der Waals surface area contributed by atoms with E-state index in [9.17, 15) is 0 Å². The lowest BCUT2D eigenvalue weighted by molar-refractivity contribution is 0.585. The molecule has 2 aromatic heterocycles. The van der Waals surface area contributed by atoms with E-state index in [1.165, 1.54) is 0 Å². The van der Waals surface area contributed by atoms with E-state index in [1.807, 2.05) is 12.3 Å². The van der Waals surface area contributed by atoms with Crippen LogP contribution in [0.1, 0.15) is 25.8 Å². The van der Waals surface area contributed by atoms with Gasteiger partial charge in [0.2, 0.25) is 5.95 Å². The van der Waals surface area contributed by atoms with Crippen molar-refractivity contribution in [3.63, 3.8) is 0 Å². The third-order valence-electron chi connectivity index (χ3n) is 2.07. The first-order valence-corrected chi connectivity index (χ1v) is 5.83. The maximum atomic E-state index is 5.55. The van der Waals surface area contributed by atoms with Crippen molar-refractivity contribution in [1.82, 2.24) is 15.0 Å². The fraction of sp³-hybridized carbons (Fsp3) is 0.364. The predicted molar refractivity (Wildman–Crippen MR) is 66.3 cm³/mol. The Kier molecular flexibility index (Phi) is 2.63. The lowest BCUT2D eigenvalue weighted by Gasteiger charge is -2.13. The monoisotopic (exact) mass is 234 g/mol. The smallest absolute Gasteiger partial charge is 0.220 e. The van der Waals surface area contributed by atoms with Crippen LogP contribution >= 0.6 is 11.3 Å². The minimum Gasteiger partial charge on any atom is -0.368 e. The molecule has 0 aliphatic rings. The minimum absolute atomic E-state index is 0.0709. The quantitative estimate of drug-likeness (QED) is 0.823. The second-order valence-electron chi connectivity index (χ2n) is 4.58. The Bertz CT molecular complexity index is 499. The summed E-state index contributed by atoms with van der Waals surface area (Å²) >= 11 is 1.64. The zero-order valence-electron chi connectivity index (χ0n) is 9.56. The fourth-order valence-corrected chi connectivity index (χ4v) is 2.19. The third-order valence-corrected chi connectivity index (χ3v) is 3.52. The Morgan fingerprint density at radius 1 is 1.25 bits per heavy atom. The van der Waals surface area contributed by atoms with E-state index in [1.54, 1.807) is 17.5 Å². The van der Waals surface area contributed by atoms with Gasteiger partial charge in [0.05, 0.1) is 15.6 Å². The average molecular weight is 234 g/mol. The molecule has 0 spiro atoms. The van der Waals surface area contributed by atoms with Gasteiger partial charge in [-0.15, -0.1) is 11.3 Å². The number of thiazole rings is 1. The summed E-state index contributed by atoms with van der Waals surface area (Å²) in [6.45, 7) is 6.43. The van der Waals surface area contributed by atoms with Crippen molar-refractivity contribution in [3.05, 3.63) is 23.5 Å². The van der Waals surface area contributed by atoms with E-state index in [2.05, 4.69) is 35.7 Å². The zero-order chi connectivity index (χ0) is 11.8. The van der Waals surface area contributed by atoms with E-state index in [0.717, 1.165) is 15.6 Å². The van der Waals surface area contributed by atoms with Crippen LogP contribution in [0.4, 0.5) is 5.95 Å². The number of hydrogen-bond donors (Lipinski definition) is 1. The van der Waals surface area contributed by atoms with Crippen LogP contribution in [-0.4, -0.2) is 15.0 Å². The Hall–Kier alpha value is -1.49. The summed E-state index contributed by atoms with van der Waals surface area (Å²) in [7, 11) is 0. The molecule has 5 heteroatoms. The molecule has 84 valence electrons. The molecule has 0 aliphatic carbocycles. The highest BCUT2D eigenvalue weighted by molar-refractivity contribution is 7.15. The molecule has 0 saturated carbocycles. The average Bonchev–Trinajstić information content (AvgIpc) is 2.65.